The van der Waals surface area contributed by atoms with E-state index < -0.39 is 0 Å². The lowest BCUT2D eigenvalue weighted by atomic mass is 10.0. The molecule has 0 aliphatic rings. The predicted octanol–water partition coefficient (Wildman–Crippen LogP) is 4.18. The van der Waals surface area contributed by atoms with Crippen LogP contribution in [0.3, 0.4) is 0 Å². The molecule has 0 fully saturated rings. The Morgan fingerprint density at radius 1 is 1.00 bits per heavy atom. The lowest BCUT2D eigenvalue weighted by Gasteiger charge is -2.20. The average molecular weight is 403 g/mol. The summed E-state index contributed by atoms with van der Waals surface area (Å²) in [5.41, 5.74) is 3.97. The Kier molecular flexibility index (Phi) is 5.69. The van der Waals surface area contributed by atoms with Gasteiger partial charge in [-0.05, 0) is 30.7 Å². The maximum absolute atomic E-state index is 12.8. The molecule has 1 aromatic heterocycles. The SMILES string of the molecule is C[C@H](c1nc2ccccc2s1)[NH+](C)CC(=O)Nc1ccccc1-c1ccccc1. The number of hydrogen-bond acceptors (Lipinski definition) is 3. The molecule has 0 saturated heterocycles. The summed E-state index contributed by atoms with van der Waals surface area (Å²) in [6.45, 7) is 2.50. The van der Waals surface area contributed by atoms with Gasteiger partial charge in [0.15, 0.2) is 11.6 Å². The maximum Gasteiger partial charge on any atom is 0.279 e. The lowest BCUT2D eigenvalue weighted by molar-refractivity contribution is -0.902. The molecule has 1 unspecified atom stereocenters. The third-order valence-corrected chi connectivity index (χ3v) is 6.36. The van der Waals surface area contributed by atoms with Crippen molar-refractivity contribution in [3.63, 3.8) is 0 Å². The van der Waals surface area contributed by atoms with Gasteiger partial charge in [-0.3, -0.25) is 4.79 Å². The highest BCUT2D eigenvalue weighted by Gasteiger charge is 2.22. The lowest BCUT2D eigenvalue weighted by Crippen LogP contribution is -3.10. The van der Waals surface area contributed by atoms with Crippen molar-refractivity contribution in [2.24, 2.45) is 0 Å². The number of para-hydroxylation sites is 2. The molecule has 29 heavy (non-hydrogen) atoms. The standard InChI is InChI=1S/C24H23N3OS/c1-17(24-26-21-14-8-9-15-22(21)29-24)27(2)16-23(28)25-20-13-7-6-12-19(20)18-10-4-3-5-11-18/h3-15,17H,16H2,1-2H3,(H,25,28)/p+1/t17-/m1/s1. The number of fused-ring (bicyclic) bond motifs is 1. The van der Waals surface area contributed by atoms with Crippen LogP contribution in [-0.4, -0.2) is 24.5 Å². The monoisotopic (exact) mass is 402 g/mol. The fourth-order valence-corrected chi connectivity index (χ4v) is 4.46. The van der Waals surface area contributed by atoms with Crippen LogP contribution in [0.5, 0.6) is 0 Å². The van der Waals surface area contributed by atoms with E-state index in [-0.39, 0.29) is 11.9 Å². The maximum atomic E-state index is 12.8. The van der Waals surface area contributed by atoms with Crippen LogP contribution in [0.25, 0.3) is 21.3 Å². The van der Waals surface area contributed by atoms with Crippen LogP contribution >= 0.6 is 11.3 Å². The van der Waals surface area contributed by atoms with Crippen molar-refractivity contribution in [1.29, 1.82) is 0 Å². The molecule has 146 valence electrons. The van der Waals surface area contributed by atoms with Crippen LogP contribution < -0.4 is 10.2 Å². The van der Waals surface area contributed by atoms with Crippen LogP contribution in [0.2, 0.25) is 0 Å². The zero-order chi connectivity index (χ0) is 20.2. The minimum absolute atomic E-state index is 0.00107. The highest BCUT2D eigenvalue weighted by atomic mass is 32.1. The van der Waals surface area contributed by atoms with Gasteiger partial charge in [0.05, 0.1) is 17.3 Å². The molecule has 0 radical (unpaired) electrons. The van der Waals surface area contributed by atoms with Crippen LogP contribution in [0.1, 0.15) is 18.0 Å². The molecule has 5 heteroatoms. The molecule has 3 aromatic carbocycles. The first kappa shape index (κ1) is 19.3. The summed E-state index contributed by atoms with van der Waals surface area (Å²) < 4.78 is 1.18. The van der Waals surface area contributed by atoms with Crippen molar-refractivity contribution in [2.45, 2.75) is 13.0 Å². The number of amides is 1. The Bertz CT molecular complexity index is 1090. The summed E-state index contributed by atoms with van der Waals surface area (Å²) in [6, 6.07) is 26.3. The molecule has 1 amide bonds. The van der Waals surface area contributed by atoms with Gasteiger partial charge in [-0.2, -0.15) is 0 Å². The van der Waals surface area contributed by atoms with Crippen molar-refractivity contribution in [3.05, 3.63) is 83.9 Å². The first-order chi connectivity index (χ1) is 14.1. The van der Waals surface area contributed by atoms with E-state index in [1.807, 2.05) is 67.7 Å². The number of carbonyl (C=O) groups excluding carboxylic acids is 1. The predicted molar refractivity (Wildman–Crippen MR) is 120 cm³/mol. The highest BCUT2D eigenvalue weighted by molar-refractivity contribution is 7.18. The number of thiazole rings is 1. The molecule has 0 bridgehead atoms. The van der Waals surface area contributed by atoms with Crippen molar-refractivity contribution in [2.75, 3.05) is 18.9 Å². The molecule has 0 saturated carbocycles. The third-order valence-electron chi connectivity index (χ3n) is 5.15. The molecule has 0 aliphatic carbocycles. The van der Waals surface area contributed by atoms with E-state index in [9.17, 15) is 4.79 Å². The molecular formula is C24H24N3OS+. The summed E-state index contributed by atoms with van der Waals surface area (Å²) >= 11 is 1.70. The number of nitrogens with zero attached hydrogens (tertiary/aromatic N) is 1. The number of carbonyl (C=O) groups is 1. The normalized spacial score (nSPS) is 13.2. The molecule has 4 aromatic rings. The largest absolute Gasteiger partial charge is 0.322 e. The van der Waals surface area contributed by atoms with Gasteiger partial charge in [-0.1, -0.05) is 60.7 Å². The van der Waals surface area contributed by atoms with E-state index in [0.29, 0.717) is 6.54 Å². The second-order valence-electron chi connectivity index (χ2n) is 7.22. The van der Waals surface area contributed by atoms with Gasteiger partial charge in [0.2, 0.25) is 0 Å². The molecule has 4 nitrogen and oxygen atoms in total. The Labute approximate surface area is 174 Å². The Morgan fingerprint density at radius 2 is 1.69 bits per heavy atom. The van der Waals surface area contributed by atoms with Crippen molar-refractivity contribution in [3.8, 4) is 11.1 Å². The fraction of sp³-hybridized carbons (Fsp3) is 0.167. The second kappa shape index (κ2) is 8.55. The molecule has 2 N–H and O–H groups in total. The number of quaternary nitrogens is 1. The van der Waals surface area contributed by atoms with Gasteiger partial charge < -0.3 is 10.2 Å². The van der Waals surface area contributed by atoms with E-state index in [2.05, 4.69) is 30.4 Å². The molecule has 0 aliphatic heterocycles. The van der Waals surface area contributed by atoms with E-state index in [4.69, 9.17) is 4.98 Å². The topological polar surface area (TPSA) is 46.4 Å². The quantitative estimate of drug-likeness (QED) is 0.508. The minimum atomic E-state index is -0.00107. The minimum Gasteiger partial charge on any atom is -0.322 e. The van der Waals surface area contributed by atoms with Gasteiger partial charge in [0.25, 0.3) is 5.91 Å². The third kappa shape index (κ3) is 4.36. The van der Waals surface area contributed by atoms with Gasteiger partial charge in [0.1, 0.15) is 6.04 Å². The Balaban J connectivity index is 1.46. The number of likely N-dealkylation sites (N-methyl/N-ethyl adjacent to an activating group) is 1. The van der Waals surface area contributed by atoms with Crippen LogP contribution in [0.4, 0.5) is 5.69 Å². The fourth-order valence-electron chi connectivity index (χ4n) is 3.35. The van der Waals surface area contributed by atoms with Crippen molar-refractivity contribution >= 4 is 33.1 Å². The summed E-state index contributed by atoms with van der Waals surface area (Å²) in [5, 5.41) is 4.15. The van der Waals surface area contributed by atoms with Crippen molar-refractivity contribution in [1.82, 2.24) is 4.98 Å². The van der Waals surface area contributed by atoms with Gasteiger partial charge in [-0.25, -0.2) is 4.98 Å². The number of benzene rings is 3. The van der Waals surface area contributed by atoms with Gasteiger partial charge >= 0.3 is 0 Å². The van der Waals surface area contributed by atoms with E-state index in [0.717, 1.165) is 32.2 Å². The number of aromatic nitrogens is 1. The average Bonchev–Trinajstić information content (AvgIpc) is 3.18. The van der Waals surface area contributed by atoms with Crippen LogP contribution in [-0.2, 0) is 4.79 Å². The summed E-state index contributed by atoms with van der Waals surface area (Å²) in [5.74, 6) is -0.00107. The number of anilines is 1. The van der Waals surface area contributed by atoms with Crippen molar-refractivity contribution < 1.29 is 9.69 Å². The smallest absolute Gasteiger partial charge is 0.279 e. The first-order valence-corrected chi connectivity index (χ1v) is 10.6. The summed E-state index contributed by atoms with van der Waals surface area (Å²) in [4.78, 5) is 18.6. The highest BCUT2D eigenvalue weighted by Crippen LogP contribution is 2.27. The van der Waals surface area contributed by atoms with Crippen LogP contribution in [0, 0.1) is 0 Å². The number of rotatable bonds is 6. The number of hydrogen-bond donors (Lipinski definition) is 2. The molecule has 2 atom stereocenters. The molecule has 1 heterocycles. The first-order valence-electron chi connectivity index (χ1n) is 9.74. The summed E-state index contributed by atoms with van der Waals surface area (Å²) in [6.07, 6.45) is 0. The van der Waals surface area contributed by atoms with E-state index in [1.165, 1.54) is 4.70 Å². The summed E-state index contributed by atoms with van der Waals surface area (Å²) in [7, 11) is 2.04. The molecular weight excluding hydrogens is 378 g/mol. The van der Waals surface area contributed by atoms with E-state index >= 15 is 0 Å². The van der Waals surface area contributed by atoms with Gasteiger partial charge in [-0.15, -0.1) is 11.3 Å². The second-order valence-corrected chi connectivity index (χ2v) is 8.29. The number of nitrogens with one attached hydrogen (secondary N) is 2. The zero-order valence-corrected chi connectivity index (χ0v) is 17.4. The van der Waals surface area contributed by atoms with Crippen LogP contribution in [0.15, 0.2) is 78.9 Å². The molecule has 4 rings (SSSR count). The zero-order valence-electron chi connectivity index (χ0n) is 16.6. The Hall–Kier alpha value is -3.02. The van der Waals surface area contributed by atoms with Gasteiger partial charge in [0, 0.05) is 11.3 Å². The Morgan fingerprint density at radius 3 is 2.48 bits per heavy atom. The van der Waals surface area contributed by atoms with E-state index in [1.54, 1.807) is 11.3 Å². The molecule has 0 spiro atoms.